The third-order valence-electron chi connectivity index (χ3n) is 4.86. The number of methoxy groups -OCH3 is 1. The molecule has 1 saturated carbocycles. The van der Waals surface area contributed by atoms with Crippen molar-refractivity contribution in [3.8, 4) is 5.75 Å². The first-order chi connectivity index (χ1) is 10.8. The van der Waals surface area contributed by atoms with Gasteiger partial charge < -0.3 is 4.74 Å². The van der Waals surface area contributed by atoms with E-state index >= 15 is 0 Å². The van der Waals surface area contributed by atoms with Gasteiger partial charge in [0.25, 0.3) is 0 Å². The number of ether oxygens (including phenoxy) is 1. The standard InChI is InChI=1S/C18H23N3O/c1-22-16-5-2-4-14(10-16)18-6-3-9-21(18)12-15-11-17(20-19-15)13-7-8-13/h2,4-5,10-11,13,18H,3,6-9,12H2,1H3,(H,19,20)/t18-/m0/s1. The molecule has 0 unspecified atom stereocenters. The first-order valence-corrected chi connectivity index (χ1v) is 8.25. The van der Waals surface area contributed by atoms with Gasteiger partial charge in [-0.1, -0.05) is 12.1 Å². The maximum Gasteiger partial charge on any atom is 0.119 e. The van der Waals surface area contributed by atoms with Crippen molar-refractivity contribution in [2.24, 2.45) is 0 Å². The number of likely N-dealkylation sites (tertiary alicyclic amines) is 1. The summed E-state index contributed by atoms with van der Waals surface area (Å²) < 4.78 is 5.37. The van der Waals surface area contributed by atoms with E-state index in [4.69, 9.17) is 4.74 Å². The van der Waals surface area contributed by atoms with Crippen molar-refractivity contribution in [3.63, 3.8) is 0 Å². The van der Waals surface area contributed by atoms with Crippen LogP contribution in [0.5, 0.6) is 5.75 Å². The van der Waals surface area contributed by atoms with Crippen LogP contribution in [0.3, 0.4) is 0 Å². The van der Waals surface area contributed by atoms with Crippen molar-refractivity contribution < 1.29 is 4.74 Å². The average molecular weight is 297 g/mol. The van der Waals surface area contributed by atoms with E-state index in [-0.39, 0.29) is 0 Å². The predicted molar refractivity (Wildman–Crippen MR) is 85.9 cm³/mol. The van der Waals surface area contributed by atoms with E-state index in [1.54, 1.807) is 7.11 Å². The van der Waals surface area contributed by atoms with Crippen LogP contribution in [0.1, 0.15) is 54.6 Å². The van der Waals surface area contributed by atoms with E-state index in [1.807, 2.05) is 6.07 Å². The first-order valence-electron chi connectivity index (χ1n) is 8.25. The minimum atomic E-state index is 0.489. The van der Waals surface area contributed by atoms with Crippen molar-refractivity contribution in [1.82, 2.24) is 15.1 Å². The van der Waals surface area contributed by atoms with Crippen LogP contribution in [0.25, 0.3) is 0 Å². The molecule has 0 bridgehead atoms. The molecule has 1 aromatic carbocycles. The number of aromatic nitrogens is 2. The van der Waals surface area contributed by atoms with Gasteiger partial charge in [-0.3, -0.25) is 10.00 Å². The molecule has 1 aliphatic heterocycles. The molecule has 4 heteroatoms. The van der Waals surface area contributed by atoms with Crippen molar-refractivity contribution in [3.05, 3.63) is 47.3 Å². The molecule has 0 amide bonds. The lowest BCUT2D eigenvalue weighted by Crippen LogP contribution is -2.23. The lowest BCUT2D eigenvalue weighted by atomic mass is 10.0. The largest absolute Gasteiger partial charge is 0.497 e. The molecule has 1 atom stereocenters. The molecule has 2 heterocycles. The van der Waals surface area contributed by atoms with Crippen molar-refractivity contribution >= 4 is 0 Å². The molecule has 22 heavy (non-hydrogen) atoms. The number of hydrogen-bond acceptors (Lipinski definition) is 3. The Morgan fingerprint density at radius 2 is 2.18 bits per heavy atom. The second-order valence-corrected chi connectivity index (χ2v) is 6.50. The normalized spacial score (nSPS) is 22.1. The number of benzene rings is 1. The summed E-state index contributed by atoms with van der Waals surface area (Å²) in [6.07, 6.45) is 5.09. The smallest absolute Gasteiger partial charge is 0.119 e. The fourth-order valence-corrected chi connectivity index (χ4v) is 3.51. The van der Waals surface area contributed by atoms with E-state index in [0.29, 0.717) is 6.04 Å². The number of H-pyrrole nitrogens is 1. The van der Waals surface area contributed by atoms with Crippen LogP contribution in [0, 0.1) is 0 Å². The number of nitrogens with zero attached hydrogens (tertiary/aromatic N) is 2. The van der Waals surface area contributed by atoms with Gasteiger partial charge in [0.2, 0.25) is 0 Å². The van der Waals surface area contributed by atoms with Crippen LogP contribution in [0.15, 0.2) is 30.3 Å². The lowest BCUT2D eigenvalue weighted by molar-refractivity contribution is 0.245. The average Bonchev–Trinajstić information content (AvgIpc) is 3.13. The second-order valence-electron chi connectivity index (χ2n) is 6.50. The molecule has 1 saturated heterocycles. The molecule has 1 N–H and O–H groups in total. The number of rotatable bonds is 5. The van der Waals surface area contributed by atoms with E-state index in [1.165, 1.54) is 42.6 Å². The van der Waals surface area contributed by atoms with Gasteiger partial charge in [-0.2, -0.15) is 5.10 Å². The van der Waals surface area contributed by atoms with Gasteiger partial charge in [0, 0.05) is 24.2 Å². The Labute approximate surface area is 131 Å². The van der Waals surface area contributed by atoms with Gasteiger partial charge in [0.1, 0.15) is 5.75 Å². The summed E-state index contributed by atoms with van der Waals surface area (Å²) >= 11 is 0. The molecule has 116 valence electrons. The molecule has 0 radical (unpaired) electrons. The van der Waals surface area contributed by atoms with Crippen molar-refractivity contribution in [2.45, 2.75) is 44.2 Å². The molecule has 4 rings (SSSR count). The maximum absolute atomic E-state index is 5.37. The van der Waals surface area contributed by atoms with Crippen LogP contribution >= 0.6 is 0 Å². The predicted octanol–water partition coefficient (Wildman–Crippen LogP) is 3.63. The quantitative estimate of drug-likeness (QED) is 0.916. The zero-order chi connectivity index (χ0) is 14.9. The Bertz CT molecular complexity index is 647. The Hall–Kier alpha value is -1.81. The number of nitrogens with one attached hydrogen (secondary N) is 1. The number of hydrogen-bond donors (Lipinski definition) is 1. The summed E-state index contributed by atoms with van der Waals surface area (Å²) in [5, 5.41) is 7.71. The summed E-state index contributed by atoms with van der Waals surface area (Å²) in [5.41, 5.74) is 3.86. The molecular formula is C18H23N3O. The van der Waals surface area contributed by atoms with Gasteiger partial charge in [-0.05, 0) is 56.0 Å². The van der Waals surface area contributed by atoms with Gasteiger partial charge in [-0.15, -0.1) is 0 Å². The maximum atomic E-state index is 5.37. The molecule has 0 spiro atoms. The van der Waals surface area contributed by atoms with Crippen molar-refractivity contribution in [1.29, 1.82) is 0 Å². The molecule has 2 fully saturated rings. The van der Waals surface area contributed by atoms with Crippen molar-refractivity contribution in [2.75, 3.05) is 13.7 Å². The highest BCUT2D eigenvalue weighted by atomic mass is 16.5. The lowest BCUT2D eigenvalue weighted by Gasteiger charge is -2.24. The van der Waals surface area contributed by atoms with Crippen LogP contribution in [-0.2, 0) is 6.54 Å². The fraction of sp³-hybridized carbons (Fsp3) is 0.500. The second kappa shape index (κ2) is 5.76. The van der Waals surface area contributed by atoms with Gasteiger partial charge in [0.05, 0.1) is 12.8 Å². The van der Waals surface area contributed by atoms with E-state index < -0.39 is 0 Å². The molecule has 1 aliphatic carbocycles. The minimum absolute atomic E-state index is 0.489. The van der Waals surface area contributed by atoms with E-state index in [0.717, 1.165) is 24.8 Å². The molecule has 2 aliphatic rings. The van der Waals surface area contributed by atoms with Crippen LogP contribution < -0.4 is 4.74 Å². The zero-order valence-corrected chi connectivity index (χ0v) is 13.1. The van der Waals surface area contributed by atoms with E-state index in [2.05, 4.69) is 39.4 Å². The molecular weight excluding hydrogens is 274 g/mol. The summed E-state index contributed by atoms with van der Waals surface area (Å²) in [5.74, 6) is 1.67. The van der Waals surface area contributed by atoms with Gasteiger partial charge in [0.15, 0.2) is 0 Å². The van der Waals surface area contributed by atoms with Crippen LogP contribution in [-0.4, -0.2) is 28.8 Å². The molecule has 1 aromatic heterocycles. The van der Waals surface area contributed by atoms with Crippen LogP contribution in [0.2, 0.25) is 0 Å². The molecule has 4 nitrogen and oxygen atoms in total. The first kappa shape index (κ1) is 13.8. The highest BCUT2D eigenvalue weighted by molar-refractivity contribution is 5.31. The fourth-order valence-electron chi connectivity index (χ4n) is 3.51. The molecule has 2 aromatic rings. The Balaban J connectivity index is 1.49. The topological polar surface area (TPSA) is 41.1 Å². The minimum Gasteiger partial charge on any atom is -0.497 e. The van der Waals surface area contributed by atoms with Gasteiger partial charge in [-0.25, -0.2) is 0 Å². The SMILES string of the molecule is COc1cccc([C@@H]2CCCN2Cc2cc(C3CC3)n[nH]2)c1. The van der Waals surface area contributed by atoms with Gasteiger partial charge >= 0.3 is 0 Å². The monoisotopic (exact) mass is 297 g/mol. The Morgan fingerprint density at radius 3 is 3.00 bits per heavy atom. The number of aromatic amines is 1. The summed E-state index contributed by atoms with van der Waals surface area (Å²) in [6.45, 7) is 2.11. The third-order valence-corrected chi connectivity index (χ3v) is 4.86. The summed E-state index contributed by atoms with van der Waals surface area (Å²) in [6, 6.07) is 11.2. The highest BCUT2D eigenvalue weighted by Crippen LogP contribution is 2.39. The summed E-state index contributed by atoms with van der Waals surface area (Å²) in [7, 11) is 1.73. The third kappa shape index (κ3) is 2.75. The Morgan fingerprint density at radius 1 is 1.27 bits per heavy atom. The summed E-state index contributed by atoms with van der Waals surface area (Å²) in [4.78, 5) is 2.55. The van der Waals surface area contributed by atoms with Crippen LogP contribution in [0.4, 0.5) is 0 Å². The Kier molecular flexibility index (Phi) is 3.62. The zero-order valence-electron chi connectivity index (χ0n) is 13.1. The highest BCUT2D eigenvalue weighted by Gasteiger charge is 2.29. The van der Waals surface area contributed by atoms with E-state index in [9.17, 15) is 0 Å².